The Balaban J connectivity index is 1.72. The van der Waals surface area contributed by atoms with Crippen molar-refractivity contribution >= 4 is 5.91 Å². The molecule has 4 nitrogen and oxygen atoms in total. The van der Waals surface area contributed by atoms with Crippen LogP contribution in [-0.2, 0) is 6.54 Å². The summed E-state index contributed by atoms with van der Waals surface area (Å²) >= 11 is 0. The van der Waals surface area contributed by atoms with Gasteiger partial charge in [-0.2, -0.15) is 5.10 Å². The molecule has 0 atom stereocenters. The van der Waals surface area contributed by atoms with Crippen LogP contribution in [0.5, 0.6) is 0 Å². The Morgan fingerprint density at radius 2 is 1.83 bits per heavy atom. The van der Waals surface area contributed by atoms with Gasteiger partial charge < -0.3 is 5.32 Å². The summed E-state index contributed by atoms with van der Waals surface area (Å²) in [4.78, 5) is 12.7. The van der Waals surface area contributed by atoms with Crippen LogP contribution >= 0.6 is 0 Å². The fraction of sp³-hybridized carbons (Fsp3) is 0.500. The molecule has 0 saturated heterocycles. The van der Waals surface area contributed by atoms with Gasteiger partial charge >= 0.3 is 0 Å². The summed E-state index contributed by atoms with van der Waals surface area (Å²) in [7, 11) is 0. The highest BCUT2D eigenvalue weighted by molar-refractivity contribution is 5.96. The minimum atomic E-state index is 0.0314. The second-order valence-electron chi connectivity index (χ2n) is 7.12. The lowest BCUT2D eigenvalue weighted by molar-refractivity contribution is 0.0921. The van der Waals surface area contributed by atoms with Crippen molar-refractivity contribution in [2.45, 2.75) is 59.0 Å². The average molecular weight is 325 g/mol. The molecule has 4 heteroatoms. The standard InChI is InChI=1S/C20H27N3O/c1-14-9-11-18(12-10-14)21-20(24)19-15(2)22-23(16(19)3)13-17-7-5-4-6-8-17/h4-8,14,18H,9-13H2,1-3H3,(H,21,24). The molecule has 1 heterocycles. The van der Waals surface area contributed by atoms with Crippen molar-refractivity contribution in [3.63, 3.8) is 0 Å². The molecule has 2 aromatic rings. The van der Waals surface area contributed by atoms with E-state index in [1.165, 1.54) is 18.4 Å². The summed E-state index contributed by atoms with van der Waals surface area (Å²) in [6, 6.07) is 10.5. The molecule has 1 aliphatic carbocycles. The Labute approximate surface area is 144 Å². The topological polar surface area (TPSA) is 46.9 Å². The minimum absolute atomic E-state index is 0.0314. The molecule has 0 radical (unpaired) electrons. The van der Waals surface area contributed by atoms with Gasteiger partial charge in [-0.3, -0.25) is 9.48 Å². The van der Waals surface area contributed by atoms with E-state index in [0.717, 1.165) is 35.7 Å². The fourth-order valence-corrected chi connectivity index (χ4v) is 3.60. The van der Waals surface area contributed by atoms with Crippen LogP contribution < -0.4 is 5.32 Å². The Bertz CT molecular complexity index is 697. The van der Waals surface area contributed by atoms with Crippen molar-refractivity contribution in [3.8, 4) is 0 Å². The van der Waals surface area contributed by atoms with Gasteiger partial charge in [0.2, 0.25) is 0 Å². The summed E-state index contributed by atoms with van der Waals surface area (Å²) in [5.41, 5.74) is 3.68. The van der Waals surface area contributed by atoms with Crippen molar-refractivity contribution in [2.24, 2.45) is 5.92 Å². The van der Waals surface area contributed by atoms with Gasteiger partial charge in [-0.25, -0.2) is 0 Å². The largest absolute Gasteiger partial charge is 0.349 e. The SMILES string of the molecule is Cc1nn(Cc2ccccc2)c(C)c1C(=O)NC1CCC(C)CC1. The molecule has 24 heavy (non-hydrogen) atoms. The van der Waals surface area contributed by atoms with Gasteiger partial charge in [0.05, 0.1) is 17.8 Å². The van der Waals surface area contributed by atoms with E-state index in [-0.39, 0.29) is 5.91 Å². The Morgan fingerprint density at radius 3 is 2.50 bits per heavy atom. The van der Waals surface area contributed by atoms with Crippen LogP contribution in [0.4, 0.5) is 0 Å². The first-order valence-electron chi connectivity index (χ1n) is 8.93. The maximum Gasteiger partial charge on any atom is 0.255 e. The maximum atomic E-state index is 12.7. The van der Waals surface area contributed by atoms with Crippen molar-refractivity contribution in [1.29, 1.82) is 0 Å². The summed E-state index contributed by atoms with van der Waals surface area (Å²) in [6.07, 6.45) is 4.58. The van der Waals surface area contributed by atoms with Crippen molar-refractivity contribution in [3.05, 3.63) is 52.8 Å². The second-order valence-corrected chi connectivity index (χ2v) is 7.12. The zero-order chi connectivity index (χ0) is 17.1. The monoisotopic (exact) mass is 325 g/mol. The highest BCUT2D eigenvalue weighted by Gasteiger charge is 2.24. The third-order valence-electron chi connectivity index (χ3n) is 5.13. The maximum absolute atomic E-state index is 12.7. The number of aryl methyl sites for hydroxylation is 1. The molecule has 1 aromatic carbocycles. The van der Waals surface area contributed by atoms with E-state index in [9.17, 15) is 4.79 Å². The third kappa shape index (κ3) is 3.69. The predicted octanol–water partition coefficient (Wildman–Crippen LogP) is 3.86. The van der Waals surface area contributed by atoms with Gasteiger partial charge in [0.1, 0.15) is 0 Å². The highest BCUT2D eigenvalue weighted by Crippen LogP contribution is 2.24. The first kappa shape index (κ1) is 16.7. The first-order chi connectivity index (χ1) is 11.5. The van der Waals surface area contributed by atoms with Gasteiger partial charge in [0.25, 0.3) is 5.91 Å². The first-order valence-corrected chi connectivity index (χ1v) is 8.93. The van der Waals surface area contributed by atoms with E-state index >= 15 is 0 Å². The normalized spacial score (nSPS) is 20.8. The van der Waals surface area contributed by atoms with Crippen LogP contribution in [0.2, 0.25) is 0 Å². The molecule has 128 valence electrons. The number of carbonyl (C=O) groups is 1. The summed E-state index contributed by atoms with van der Waals surface area (Å²) in [6.45, 7) is 6.90. The van der Waals surface area contributed by atoms with Crippen molar-refractivity contribution in [1.82, 2.24) is 15.1 Å². The fourth-order valence-electron chi connectivity index (χ4n) is 3.60. The van der Waals surface area contributed by atoms with Crippen LogP contribution in [0.25, 0.3) is 0 Å². The molecule has 1 amide bonds. The molecule has 0 aliphatic heterocycles. The zero-order valence-electron chi connectivity index (χ0n) is 14.9. The molecule has 1 aromatic heterocycles. The van der Waals surface area contributed by atoms with E-state index < -0.39 is 0 Å². The number of hydrogen-bond acceptors (Lipinski definition) is 2. The number of nitrogens with one attached hydrogen (secondary N) is 1. The smallest absolute Gasteiger partial charge is 0.255 e. The van der Waals surface area contributed by atoms with Crippen molar-refractivity contribution in [2.75, 3.05) is 0 Å². The Hall–Kier alpha value is -2.10. The lowest BCUT2D eigenvalue weighted by Gasteiger charge is -2.26. The van der Waals surface area contributed by atoms with E-state index in [2.05, 4.69) is 29.5 Å². The number of carbonyl (C=O) groups excluding carboxylic acids is 1. The van der Waals surface area contributed by atoms with Crippen LogP contribution in [0.1, 0.15) is 59.9 Å². The Morgan fingerprint density at radius 1 is 1.17 bits per heavy atom. The number of rotatable bonds is 4. The molecule has 0 unspecified atom stereocenters. The quantitative estimate of drug-likeness (QED) is 0.928. The second kappa shape index (κ2) is 7.20. The van der Waals surface area contributed by atoms with E-state index in [1.54, 1.807) is 0 Å². The number of amides is 1. The van der Waals surface area contributed by atoms with Crippen LogP contribution in [0.3, 0.4) is 0 Å². The Kier molecular flexibility index (Phi) is 5.03. The number of aromatic nitrogens is 2. The van der Waals surface area contributed by atoms with Crippen LogP contribution in [-0.4, -0.2) is 21.7 Å². The molecule has 1 saturated carbocycles. The van der Waals surface area contributed by atoms with Crippen LogP contribution in [0, 0.1) is 19.8 Å². The number of hydrogen-bond donors (Lipinski definition) is 1. The van der Waals surface area contributed by atoms with Gasteiger partial charge in [0.15, 0.2) is 0 Å². The third-order valence-corrected chi connectivity index (χ3v) is 5.13. The molecule has 1 N–H and O–H groups in total. The molecule has 1 aliphatic rings. The van der Waals surface area contributed by atoms with Crippen molar-refractivity contribution < 1.29 is 4.79 Å². The van der Waals surface area contributed by atoms with Gasteiger partial charge in [-0.1, -0.05) is 37.3 Å². The predicted molar refractivity (Wildman–Crippen MR) is 96.1 cm³/mol. The lowest BCUT2D eigenvalue weighted by Crippen LogP contribution is -2.37. The molecule has 1 fully saturated rings. The van der Waals surface area contributed by atoms with Gasteiger partial charge in [-0.15, -0.1) is 0 Å². The van der Waals surface area contributed by atoms with Crippen LogP contribution in [0.15, 0.2) is 30.3 Å². The molecule has 0 bridgehead atoms. The van der Waals surface area contributed by atoms with E-state index in [0.29, 0.717) is 12.6 Å². The highest BCUT2D eigenvalue weighted by atomic mass is 16.1. The summed E-state index contributed by atoms with van der Waals surface area (Å²) in [5, 5.41) is 7.81. The lowest BCUT2D eigenvalue weighted by atomic mass is 9.87. The van der Waals surface area contributed by atoms with Gasteiger partial charge in [-0.05, 0) is 51.0 Å². The van der Waals surface area contributed by atoms with E-state index in [4.69, 9.17) is 0 Å². The zero-order valence-corrected chi connectivity index (χ0v) is 14.9. The molecule has 3 rings (SSSR count). The molecular weight excluding hydrogens is 298 g/mol. The number of benzene rings is 1. The average Bonchev–Trinajstić information content (AvgIpc) is 2.84. The summed E-state index contributed by atoms with van der Waals surface area (Å²) in [5.74, 6) is 0.819. The minimum Gasteiger partial charge on any atom is -0.349 e. The molecular formula is C20H27N3O. The van der Waals surface area contributed by atoms with Gasteiger partial charge in [0, 0.05) is 11.7 Å². The molecule has 0 spiro atoms. The summed E-state index contributed by atoms with van der Waals surface area (Å²) < 4.78 is 1.93. The number of nitrogens with zero attached hydrogens (tertiary/aromatic N) is 2. The van der Waals surface area contributed by atoms with E-state index in [1.807, 2.05) is 36.7 Å².